The molecular formula is C17H21N5O. The molecule has 6 nitrogen and oxygen atoms in total. The maximum atomic E-state index is 5.17. The van der Waals surface area contributed by atoms with Crippen LogP contribution in [0.5, 0.6) is 0 Å². The summed E-state index contributed by atoms with van der Waals surface area (Å²) in [7, 11) is 0. The van der Waals surface area contributed by atoms with Crippen molar-refractivity contribution in [3.8, 4) is 0 Å². The van der Waals surface area contributed by atoms with Gasteiger partial charge in [0.25, 0.3) is 5.71 Å². The van der Waals surface area contributed by atoms with Crippen molar-refractivity contribution >= 4 is 16.9 Å². The van der Waals surface area contributed by atoms with Crippen molar-refractivity contribution in [3.05, 3.63) is 47.9 Å². The predicted molar refractivity (Wildman–Crippen MR) is 90.2 cm³/mol. The summed E-state index contributed by atoms with van der Waals surface area (Å²) in [5.41, 5.74) is 2.66. The van der Waals surface area contributed by atoms with Gasteiger partial charge in [-0.2, -0.15) is 4.98 Å². The number of fused-ring (bicyclic) bond motifs is 1. The summed E-state index contributed by atoms with van der Waals surface area (Å²) in [6.45, 7) is 7.76. The molecule has 6 heteroatoms. The Kier molecular flexibility index (Phi) is 4.83. The van der Waals surface area contributed by atoms with Gasteiger partial charge in [0.1, 0.15) is 17.5 Å². The molecule has 0 unspecified atom stereocenters. The first-order valence-corrected chi connectivity index (χ1v) is 7.85. The van der Waals surface area contributed by atoms with E-state index in [1.54, 1.807) is 0 Å². The molecule has 0 atom stereocenters. The zero-order valence-corrected chi connectivity index (χ0v) is 13.5. The monoisotopic (exact) mass is 311 g/mol. The Morgan fingerprint density at radius 3 is 2.78 bits per heavy atom. The van der Waals surface area contributed by atoms with Gasteiger partial charge in [-0.25, -0.2) is 4.98 Å². The van der Waals surface area contributed by atoms with Crippen molar-refractivity contribution in [1.29, 1.82) is 0 Å². The van der Waals surface area contributed by atoms with Crippen LogP contribution in [0.25, 0.3) is 11.1 Å². The van der Waals surface area contributed by atoms with E-state index in [1.165, 1.54) is 11.9 Å². The Balaban J connectivity index is 1.60. The molecule has 0 aliphatic rings. The minimum Gasteiger partial charge on any atom is -0.368 e. The van der Waals surface area contributed by atoms with Crippen LogP contribution in [-0.4, -0.2) is 39.7 Å². The fraction of sp³-hybridized carbons (Fsp3) is 0.353. The second-order valence-corrected chi connectivity index (χ2v) is 5.45. The SMILES string of the molecule is CCN(CCNc1ncnc2onc(C)c12)Cc1ccccc1. The van der Waals surface area contributed by atoms with Gasteiger partial charge in [0.15, 0.2) is 0 Å². The third-order valence-corrected chi connectivity index (χ3v) is 3.86. The van der Waals surface area contributed by atoms with Gasteiger partial charge >= 0.3 is 0 Å². The summed E-state index contributed by atoms with van der Waals surface area (Å²) in [6.07, 6.45) is 1.50. The first kappa shape index (κ1) is 15.4. The predicted octanol–water partition coefficient (Wildman–Crippen LogP) is 2.86. The Labute approximate surface area is 135 Å². The van der Waals surface area contributed by atoms with E-state index in [-0.39, 0.29) is 0 Å². The molecule has 3 aromatic rings. The summed E-state index contributed by atoms with van der Waals surface area (Å²) in [4.78, 5) is 10.8. The number of nitrogens with zero attached hydrogens (tertiary/aromatic N) is 4. The first-order chi connectivity index (χ1) is 11.3. The van der Waals surface area contributed by atoms with Gasteiger partial charge in [-0.05, 0) is 19.0 Å². The zero-order chi connectivity index (χ0) is 16.1. The van der Waals surface area contributed by atoms with E-state index in [9.17, 15) is 0 Å². The summed E-state index contributed by atoms with van der Waals surface area (Å²) in [5.74, 6) is 0.782. The number of hydrogen-bond acceptors (Lipinski definition) is 6. The number of nitrogens with one attached hydrogen (secondary N) is 1. The average molecular weight is 311 g/mol. The van der Waals surface area contributed by atoms with E-state index in [0.717, 1.165) is 43.1 Å². The van der Waals surface area contributed by atoms with Crippen LogP contribution < -0.4 is 5.32 Å². The van der Waals surface area contributed by atoms with Crippen LogP contribution in [0.1, 0.15) is 18.2 Å². The number of hydrogen-bond donors (Lipinski definition) is 1. The highest BCUT2D eigenvalue weighted by molar-refractivity contribution is 5.87. The molecule has 0 saturated carbocycles. The number of aryl methyl sites for hydroxylation is 1. The standard InChI is InChI=1S/C17H21N5O/c1-3-22(11-14-7-5-4-6-8-14)10-9-18-16-15-13(2)21-23-17(15)20-12-19-16/h4-8,12H,3,9-11H2,1-2H3,(H,18,19,20). The van der Waals surface area contributed by atoms with Crippen LogP contribution in [0.3, 0.4) is 0 Å². The van der Waals surface area contributed by atoms with Crippen LogP contribution in [0, 0.1) is 6.92 Å². The van der Waals surface area contributed by atoms with Crippen LogP contribution in [0.2, 0.25) is 0 Å². The smallest absolute Gasteiger partial charge is 0.263 e. The third-order valence-electron chi connectivity index (χ3n) is 3.86. The van der Waals surface area contributed by atoms with E-state index >= 15 is 0 Å². The lowest BCUT2D eigenvalue weighted by Crippen LogP contribution is -2.28. The fourth-order valence-electron chi connectivity index (χ4n) is 2.58. The number of likely N-dealkylation sites (N-methyl/N-ethyl adjacent to an activating group) is 1. The highest BCUT2D eigenvalue weighted by Crippen LogP contribution is 2.21. The van der Waals surface area contributed by atoms with E-state index in [0.29, 0.717) is 5.71 Å². The first-order valence-electron chi connectivity index (χ1n) is 7.85. The minimum absolute atomic E-state index is 0.525. The van der Waals surface area contributed by atoms with Crippen molar-refractivity contribution in [3.63, 3.8) is 0 Å². The lowest BCUT2D eigenvalue weighted by molar-refractivity contribution is 0.291. The maximum Gasteiger partial charge on any atom is 0.263 e. The Morgan fingerprint density at radius 1 is 1.17 bits per heavy atom. The Morgan fingerprint density at radius 2 is 2.00 bits per heavy atom. The molecule has 3 rings (SSSR count). The van der Waals surface area contributed by atoms with Crippen molar-refractivity contribution in [2.75, 3.05) is 25.0 Å². The van der Waals surface area contributed by atoms with Crippen molar-refractivity contribution < 1.29 is 4.52 Å². The zero-order valence-electron chi connectivity index (χ0n) is 13.5. The van der Waals surface area contributed by atoms with Crippen LogP contribution in [0.4, 0.5) is 5.82 Å². The normalized spacial score (nSPS) is 11.3. The molecule has 120 valence electrons. The largest absolute Gasteiger partial charge is 0.368 e. The minimum atomic E-state index is 0.525. The molecule has 0 bridgehead atoms. The second kappa shape index (κ2) is 7.19. The molecular weight excluding hydrogens is 290 g/mol. The maximum absolute atomic E-state index is 5.17. The van der Waals surface area contributed by atoms with Gasteiger partial charge in [0.05, 0.1) is 5.69 Å². The molecule has 1 aromatic carbocycles. The molecule has 2 heterocycles. The van der Waals surface area contributed by atoms with E-state index in [4.69, 9.17) is 4.52 Å². The summed E-state index contributed by atoms with van der Waals surface area (Å²) >= 11 is 0. The van der Waals surface area contributed by atoms with Gasteiger partial charge < -0.3 is 9.84 Å². The highest BCUT2D eigenvalue weighted by atomic mass is 16.5. The molecule has 2 aromatic heterocycles. The van der Waals surface area contributed by atoms with Crippen molar-refractivity contribution in [2.45, 2.75) is 20.4 Å². The van der Waals surface area contributed by atoms with E-state index < -0.39 is 0 Å². The number of benzene rings is 1. The quantitative estimate of drug-likeness (QED) is 0.723. The van der Waals surface area contributed by atoms with Crippen LogP contribution in [-0.2, 0) is 6.54 Å². The van der Waals surface area contributed by atoms with Gasteiger partial charge in [-0.1, -0.05) is 42.4 Å². The summed E-state index contributed by atoms with van der Waals surface area (Å²) < 4.78 is 5.17. The van der Waals surface area contributed by atoms with Gasteiger partial charge in [0, 0.05) is 19.6 Å². The lowest BCUT2D eigenvalue weighted by atomic mass is 10.2. The average Bonchev–Trinajstić information content (AvgIpc) is 2.97. The Hall–Kier alpha value is -2.47. The Bertz CT molecular complexity index is 756. The highest BCUT2D eigenvalue weighted by Gasteiger charge is 2.11. The molecule has 0 amide bonds. The van der Waals surface area contributed by atoms with Crippen LogP contribution in [0.15, 0.2) is 41.2 Å². The third kappa shape index (κ3) is 3.65. The molecule has 1 N–H and O–H groups in total. The topological polar surface area (TPSA) is 67.1 Å². The summed E-state index contributed by atoms with van der Waals surface area (Å²) in [6, 6.07) is 10.5. The van der Waals surface area contributed by atoms with E-state index in [1.807, 2.05) is 13.0 Å². The van der Waals surface area contributed by atoms with Crippen LogP contribution >= 0.6 is 0 Å². The molecule has 0 fully saturated rings. The van der Waals surface area contributed by atoms with Gasteiger partial charge in [0.2, 0.25) is 0 Å². The fourth-order valence-corrected chi connectivity index (χ4v) is 2.58. The number of aromatic nitrogens is 3. The lowest BCUT2D eigenvalue weighted by Gasteiger charge is -2.20. The summed E-state index contributed by atoms with van der Waals surface area (Å²) in [5, 5.41) is 8.18. The molecule has 0 aliphatic heterocycles. The second-order valence-electron chi connectivity index (χ2n) is 5.45. The molecule has 0 saturated heterocycles. The molecule has 0 aliphatic carbocycles. The van der Waals surface area contributed by atoms with Crippen molar-refractivity contribution in [2.24, 2.45) is 0 Å². The van der Waals surface area contributed by atoms with E-state index in [2.05, 4.69) is 56.5 Å². The molecule has 0 radical (unpaired) electrons. The number of rotatable bonds is 7. The van der Waals surface area contributed by atoms with Crippen molar-refractivity contribution in [1.82, 2.24) is 20.0 Å². The van der Waals surface area contributed by atoms with Gasteiger partial charge in [-0.15, -0.1) is 0 Å². The van der Waals surface area contributed by atoms with Gasteiger partial charge in [-0.3, -0.25) is 4.90 Å². The molecule has 0 spiro atoms. The number of anilines is 1. The molecule has 23 heavy (non-hydrogen) atoms.